The molecule has 0 atom stereocenters. The molecule has 1 rings (SSSR count). The summed E-state index contributed by atoms with van der Waals surface area (Å²) in [7, 11) is 0. The highest BCUT2D eigenvalue weighted by Gasteiger charge is 2.03. The standard InChI is InChI=1S/C9H10O3.C4H10/c10-6-7-12-9(11)8-4-2-1-3-5-8;1-3-4-2/h1-5,10H,6-7H2;3-4H2,1-2H3. The van der Waals surface area contributed by atoms with E-state index in [2.05, 4.69) is 18.6 Å². The van der Waals surface area contributed by atoms with Crippen LogP contribution in [0.5, 0.6) is 0 Å². The van der Waals surface area contributed by atoms with Gasteiger partial charge in [-0.1, -0.05) is 44.9 Å². The molecule has 3 heteroatoms. The van der Waals surface area contributed by atoms with E-state index in [0.29, 0.717) is 5.56 Å². The van der Waals surface area contributed by atoms with E-state index in [1.807, 2.05) is 6.07 Å². The fourth-order valence-corrected chi connectivity index (χ4v) is 0.796. The van der Waals surface area contributed by atoms with E-state index in [-0.39, 0.29) is 13.2 Å². The third-order valence-electron chi connectivity index (χ3n) is 1.83. The van der Waals surface area contributed by atoms with E-state index in [4.69, 9.17) is 5.11 Å². The van der Waals surface area contributed by atoms with Gasteiger partial charge in [0.1, 0.15) is 6.61 Å². The van der Waals surface area contributed by atoms with E-state index in [9.17, 15) is 4.79 Å². The highest BCUT2D eigenvalue weighted by atomic mass is 16.5. The lowest BCUT2D eigenvalue weighted by atomic mass is 10.2. The lowest BCUT2D eigenvalue weighted by Gasteiger charge is -2.00. The van der Waals surface area contributed by atoms with Crippen LogP contribution in [-0.2, 0) is 4.74 Å². The Bertz CT molecular complexity index is 268. The van der Waals surface area contributed by atoms with E-state index in [0.717, 1.165) is 0 Å². The van der Waals surface area contributed by atoms with Crippen LogP contribution in [0.25, 0.3) is 0 Å². The molecule has 0 amide bonds. The van der Waals surface area contributed by atoms with E-state index in [1.165, 1.54) is 12.8 Å². The van der Waals surface area contributed by atoms with Crippen molar-refractivity contribution < 1.29 is 14.6 Å². The van der Waals surface area contributed by atoms with E-state index in [1.54, 1.807) is 24.3 Å². The SMILES string of the molecule is CCCC.O=C(OCCO)c1ccccc1. The third kappa shape index (κ3) is 7.01. The molecule has 3 nitrogen and oxygen atoms in total. The van der Waals surface area contributed by atoms with Gasteiger partial charge in [0.2, 0.25) is 0 Å². The molecule has 0 spiro atoms. The van der Waals surface area contributed by atoms with Crippen LogP contribution in [0, 0.1) is 0 Å². The van der Waals surface area contributed by atoms with Gasteiger partial charge < -0.3 is 9.84 Å². The first-order chi connectivity index (χ1) is 7.76. The van der Waals surface area contributed by atoms with Gasteiger partial charge in [-0.15, -0.1) is 0 Å². The Balaban J connectivity index is 0.000000487. The number of carbonyl (C=O) groups is 1. The minimum absolute atomic E-state index is 0.0493. The summed E-state index contributed by atoms with van der Waals surface area (Å²) in [6, 6.07) is 8.67. The summed E-state index contributed by atoms with van der Waals surface area (Å²) < 4.78 is 4.69. The molecule has 1 aromatic rings. The lowest BCUT2D eigenvalue weighted by molar-refractivity contribution is 0.0434. The zero-order valence-corrected chi connectivity index (χ0v) is 9.98. The summed E-state index contributed by atoms with van der Waals surface area (Å²) in [5.74, 6) is -0.398. The Morgan fingerprint density at radius 2 is 1.75 bits per heavy atom. The molecule has 0 aliphatic heterocycles. The van der Waals surface area contributed by atoms with Crippen molar-refractivity contribution in [2.24, 2.45) is 0 Å². The highest BCUT2D eigenvalue weighted by molar-refractivity contribution is 5.89. The monoisotopic (exact) mass is 224 g/mol. The van der Waals surface area contributed by atoms with E-state index >= 15 is 0 Å². The van der Waals surface area contributed by atoms with Crippen LogP contribution in [0.15, 0.2) is 30.3 Å². The number of hydrogen-bond acceptors (Lipinski definition) is 3. The molecule has 1 N–H and O–H groups in total. The molecule has 0 saturated carbocycles. The molecule has 0 bridgehead atoms. The largest absolute Gasteiger partial charge is 0.460 e. The maximum absolute atomic E-state index is 11.1. The van der Waals surface area contributed by atoms with Gasteiger partial charge in [-0.05, 0) is 12.1 Å². The summed E-state index contributed by atoms with van der Waals surface area (Å²) in [5.41, 5.74) is 0.506. The number of benzene rings is 1. The summed E-state index contributed by atoms with van der Waals surface area (Å²) in [5, 5.41) is 8.38. The Labute approximate surface area is 97.1 Å². The number of unbranched alkanes of at least 4 members (excludes halogenated alkanes) is 1. The normalized spacial score (nSPS) is 8.94. The molecule has 0 heterocycles. The van der Waals surface area contributed by atoms with Crippen molar-refractivity contribution in [3.63, 3.8) is 0 Å². The molecule has 1 aromatic carbocycles. The minimum atomic E-state index is -0.398. The third-order valence-corrected chi connectivity index (χ3v) is 1.83. The first-order valence-electron chi connectivity index (χ1n) is 5.59. The van der Waals surface area contributed by atoms with Crippen LogP contribution in [-0.4, -0.2) is 24.3 Å². The molecular formula is C13H20O3. The molecule has 0 saturated heterocycles. The number of ether oxygens (including phenoxy) is 1. The zero-order valence-electron chi connectivity index (χ0n) is 9.98. The second kappa shape index (κ2) is 10.2. The second-order valence-corrected chi connectivity index (χ2v) is 3.23. The van der Waals surface area contributed by atoms with Crippen LogP contribution in [0.2, 0.25) is 0 Å². The fraction of sp³-hybridized carbons (Fsp3) is 0.462. The van der Waals surface area contributed by atoms with Crippen molar-refractivity contribution in [2.75, 3.05) is 13.2 Å². The average molecular weight is 224 g/mol. The Morgan fingerprint density at radius 3 is 2.19 bits per heavy atom. The number of hydrogen-bond donors (Lipinski definition) is 1. The number of carbonyl (C=O) groups excluding carboxylic acids is 1. The van der Waals surface area contributed by atoms with Crippen molar-refractivity contribution in [3.05, 3.63) is 35.9 Å². The second-order valence-electron chi connectivity index (χ2n) is 3.23. The summed E-state index contributed by atoms with van der Waals surface area (Å²) in [6.07, 6.45) is 2.64. The topological polar surface area (TPSA) is 46.5 Å². The van der Waals surface area contributed by atoms with Crippen LogP contribution >= 0.6 is 0 Å². The predicted molar refractivity (Wildman–Crippen MR) is 64.4 cm³/mol. The highest BCUT2D eigenvalue weighted by Crippen LogP contribution is 2.00. The molecule has 16 heavy (non-hydrogen) atoms. The van der Waals surface area contributed by atoms with E-state index < -0.39 is 5.97 Å². The van der Waals surface area contributed by atoms with Gasteiger partial charge in [0.25, 0.3) is 0 Å². The molecular weight excluding hydrogens is 204 g/mol. The predicted octanol–water partition coefficient (Wildman–Crippen LogP) is 2.64. The van der Waals surface area contributed by atoms with Gasteiger partial charge in [0, 0.05) is 0 Å². The Hall–Kier alpha value is -1.35. The van der Waals surface area contributed by atoms with Crippen molar-refractivity contribution in [1.29, 1.82) is 0 Å². The number of aliphatic hydroxyl groups excluding tert-OH is 1. The molecule has 0 aromatic heterocycles. The molecule has 0 fully saturated rings. The van der Waals surface area contributed by atoms with Gasteiger partial charge >= 0.3 is 5.97 Å². The summed E-state index contributed by atoms with van der Waals surface area (Å²) >= 11 is 0. The summed E-state index contributed by atoms with van der Waals surface area (Å²) in [6.45, 7) is 4.27. The van der Waals surface area contributed by atoms with Crippen LogP contribution < -0.4 is 0 Å². The smallest absolute Gasteiger partial charge is 0.338 e. The number of esters is 1. The van der Waals surface area contributed by atoms with Crippen LogP contribution in [0.4, 0.5) is 0 Å². The summed E-state index contributed by atoms with van der Waals surface area (Å²) in [4.78, 5) is 11.1. The Kier molecular flexibility index (Phi) is 9.32. The van der Waals surface area contributed by atoms with Crippen LogP contribution in [0.3, 0.4) is 0 Å². The van der Waals surface area contributed by atoms with Gasteiger partial charge in [0.05, 0.1) is 12.2 Å². The molecule has 0 aliphatic carbocycles. The molecule has 0 aliphatic rings. The molecule has 0 radical (unpaired) electrons. The van der Waals surface area contributed by atoms with Gasteiger partial charge in [0.15, 0.2) is 0 Å². The first kappa shape index (κ1) is 14.6. The van der Waals surface area contributed by atoms with Crippen molar-refractivity contribution in [3.8, 4) is 0 Å². The van der Waals surface area contributed by atoms with Gasteiger partial charge in [-0.25, -0.2) is 4.79 Å². The molecule has 90 valence electrons. The maximum atomic E-state index is 11.1. The lowest BCUT2D eigenvalue weighted by Crippen LogP contribution is -2.08. The minimum Gasteiger partial charge on any atom is -0.460 e. The van der Waals surface area contributed by atoms with Crippen LogP contribution in [0.1, 0.15) is 37.0 Å². The fourth-order valence-electron chi connectivity index (χ4n) is 0.796. The molecule has 0 unspecified atom stereocenters. The van der Waals surface area contributed by atoms with Crippen molar-refractivity contribution in [2.45, 2.75) is 26.7 Å². The van der Waals surface area contributed by atoms with Crippen molar-refractivity contribution in [1.82, 2.24) is 0 Å². The first-order valence-corrected chi connectivity index (χ1v) is 5.59. The maximum Gasteiger partial charge on any atom is 0.338 e. The number of rotatable bonds is 4. The van der Waals surface area contributed by atoms with Gasteiger partial charge in [-0.2, -0.15) is 0 Å². The number of aliphatic hydroxyl groups is 1. The van der Waals surface area contributed by atoms with Crippen molar-refractivity contribution >= 4 is 5.97 Å². The Morgan fingerprint density at radius 1 is 1.19 bits per heavy atom. The average Bonchev–Trinajstić information content (AvgIpc) is 2.37. The zero-order chi connectivity index (χ0) is 12.2. The quantitative estimate of drug-likeness (QED) is 0.800. The van der Waals surface area contributed by atoms with Gasteiger partial charge in [-0.3, -0.25) is 0 Å².